The van der Waals surface area contributed by atoms with E-state index < -0.39 is 17.2 Å². The molecule has 0 fully saturated rings. The van der Waals surface area contributed by atoms with Crippen LogP contribution in [0.4, 0.5) is 355 Å². The molecular formula is C46H53F75N10O7. The summed E-state index contributed by atoms with van der Waals surface area (Å²) in [4.78, 5) is 40.6. The van der Waals surface area contributed by atoms with Gasteiger partial charge in [0.15, 0.2) is 5.69 Å². The molecule has 0 unspecified atom stereocenters. The van der Waals surface area contributed by atoms with Crippen LogP contribution in [0.25, 0.3) is 34.1 Å². The number of aromatic carboxylic acids is 1. The number of anilines is 2. The van der Waals surface area contributed by atoms with Gasteiger partial charge in [-0.15, -0.1) is 0 Å². The summed E-state index contributed by atoms with van der Waals surface area (Å²) in [6, 6.07) is 18.8. The fourth-order valence-electron chi connectivity index (χ4n) is 6.13. The van der Waals surface area contributed by atoms with Crippen molar-refractivity contribution < 1.29 is 377 Å². The number of nitrogens with one attached hydrogen (secondary N) is 1. The predicted octanol–water partition coefficient (Wildman–Crippen LogP) is 38.9. The van der Waals surface area contributed by atoms with Gasteiger partial charge in [0.25, 0.3) is 5.91 Å². The summed E-state index contributed by atoms with van der Waals surface area (Å²) in [5.41, 5.74) is 13.4. The maximum Gasteiger partial charge on any atom is 0.354 e. The van der Waals surface area contributed by atoms with Crippen LogP contribution in [0.15, 0.2) is 94.5 Å². The van der Waals surface area contributed by atoms with E-state index in [1.54, 1.807) is 48.9 Å². The zero-order chi connectivity index (χ0) is 120. The lowest BCUT2D eigenvalue weighted by Crippen LogP contribution is -2.19. The molecule has 0 aliphatic carbocycles. The Morgan fingerprint density at radius 3 is 0.775 bits per heavy atom. The number of aromatic nitrogens is 8. The summed E-state index contributed by atoms with van der Waals surface area (Å²) in [6.45, 7) is 14.8. The van der Waals surface area contributed by atoms with E-state index in [1.165, 1.54) is 6.20 Å². The van der Waals surface area contributed by atoms with Crippen molar-refractivity contribution in [2.45, 2.75) is 92.3 Å². The van der Waals surface area contributed by atoms with Gasteiger partial charge < -0.3 is 35.4 Å². The number of carbonyl (C=O) groups is 2. The van der Waals surface area contributed by atoms with Crippen molar-refractivity contribution in [3.05, 3.63) is 131 Å². The first-order chi connectivity index (χ1) is 66.7. The Bertz CT molecular complexity index is 3010. The van der Waals surface area contributed by atoms with Crippen LogP contribution in [-0.2, 0) is 12.8 Å². The maximum atomic E-state index is 12.9. The third-order valence-electron chi connectivity index (χ3n) is 9.91. The molecule has 0 atom stereocenters. The lowest BCUT2D eigenvalue weighted by atomic mass is 10.0. The number of benzene rings is 2. The second kappa shape index (κ2) is 254. The Morgan fingerprint density at radius 2 is 0.551 bits per heavy atom. The van der Waals surface area contributed by atoms with Crippen molar-refractivity contribution in [3.63, 3.8) is 0 Å². The second-order valence-electron chi connectivity index (χ2n) is 16.7. The predicted molar refractivity (Wildman–Crippen MR) is 322 cm³/mol. The molecule has 6 heterocycles. The number of carbonyl (C=O) groups excluding carboxylic acids is 1. The minimum absolute atomic E-state index is 0. The van der Waals surface area contributed by atoms with Gasteiger partial charge in [-0.05, 0) is 127 Å². The number of imidazole rings is 2. The van der Waals surface area contributed by atoms with Crippen molar-refractivity contribution in [1.82, 2.24) is 39.1 Å². The molecule has 0 saturated carbocycles. The lowest BCUT2D eigenvalue weighted by Gasteiger charge is -2.14. The Morgan fingerprint density at radius 1 is 0.333 bits per heavy atom. The Balaban J connectivity index is -0.0000000295. The van der Waals surface area contributed by atoms with Gasteiger partial charge in [-0.3, -0.25) is 18.3 Å². The smallest absolute Gasteiger partial charge is 0.354 e. The zero-order valence-electron chi connectivity index (χ0n) is 64.9. The number of nitrogen functional groups attached to an aromatic ring is 1. The molecule has 0 aliphatic heterocycles. The molecule has 0 spiro atoms. The van der Waals surface area contributed by atoms with Crippen LogP contribution in [-0.4, -0.2) is 77.4 Å². The van der Waals surface area contributed by atoms with E-state index in [4.69, 9.17) is 358 Å². The minimum atomic E-state index is -0.962. The van der Waals surface area contributed by atoms with Gasteiger partial charge in [0, 0.05) is 386 Å². The number of halogens is 75. The van der Waals surface area contributed by atoms with E-state index in [0.717, 1.165) is 39.0 Å². The molecule has 0 radical (unpaired) electrons. The molecule has 0 aliphatic rings. The molecule has 6 aromatic heterocycles. The number of pyridine rings is 2. The summed E-state index contributed by atoms with van der Waals surface area (Å²) < 4.78 is 606. The largest absolute Gasteiger partial charge is 0.477 e. The fourth-order valence-corrected chi connectivity index (χ4v) is 6.13. The molecule has 2 aromatic carbocycles. The normalized spacial score (nSPS) is 6.87. The van der Waals surface area contributed by atoms with Crippen LogP contribution in [0, 0.1) is 27.7 Å². The molecule has 0 bridgehead atoms. The SMILES string of the molecule is Cc1ccc(-c2noc(CCC(C)(C)O)n2)cc1N.Cc1ccn2c(C(=O)Nc3cc(-c4noc(CCC(C)(C)O)n4)ccc3C)cnc2c1.Cc1ccn2c(C(=O)O)cnc2c1.F.FF.FF.FF.FF.FF.FF.FF.FF.FF.FF.FF.FF.FF.FF.FF.FF.FF.FF.FF.FF.FF.FF.FF.FF.FF.FF.FF.FF.FF.FF.FF.FF.FF.FF.FF.FF.FF. The second-order valence-corrected chi connectivity index (χ2v) is 16.7. The van der Waals surface area contributed by atoms with Gasteiger partial charge in [-0.25, -0.2) is 14.8 Å². The van der Waals surface area contributed by atoms with E-state index in [2.05, 4.69) is 35.6 Å². The molecule has 6 N–H and O–H groups in total. The number of nitrogens with two attached hydrogens (primary N) is 1. The number of carboxylic acids is 1. The lowest BCUT2D eigenvalue weighted by molar-refractivity contribution is 0.0681. The first-order valence-electron chi connectivity index (χ1n) is 25.5. The maximum absolute atomic E-state index is 12.9. The van der Waals surface area contributed by atoms with Gasteiger partial charge >= 0.3 is 5.97 Å². The average molecular weight is 2280 g/mol. The quantitative estimate of drug-likeness (QED) is 0.0597. The minimum Gasteiger partial charge on any atom is -0.477 e. The third kappa shape index (κ3) is 160. The number of hydrogen-bond donors (Lipinski definition) is 5. The van der Waals surface area contributed by atoms with Crippen molar-refractivity contribution >= 4 is 34.5 Å². The average Bonchev–Trinajstić information content (AvgIpc) is 1.69. The molecule has 8 rings (SSSR count). The monoisotopic (exact) mass is 2280 g/mol. The first kappa shape index (κ1) is 227. The standard InChI is InChI=1S/C23H25N5O3.C14H19N3O2.C9H8N2O2.37F2.FH/c1-14-8-10-28-18(13-24-19(28)11-14)22(29)25-17-12-16(6-5-15(17)2)21-26-20(31-27-21)7-9-23(3,4)30;1-9-4-5-10(8-11(9)15)13-16-12(19-17-13)6-7-14(2,3)18;1-6-2-3-11-7(9(12)13)5-10-8(11)4-6;37*1-2;/h5-6,8,10-13,30H,7,9H2,1-4H3,(H,25,29);4-5,8,18H,6-7,15H2,1-3H3;2-5H,1H3,(H,12,13);;;;;;;;;;;;;;;;;;;;;;;;;;;;;;;;;;;;;;1H. The highest BCUT2D eigenvalue weighted by Crippen LogP contribution is 2.26. The van der Waals surface area contributed by atoms with Crippen LogP contribution in [0.5, 0.6) is 0 Å². The van der Waals surface area contributed by atoms with Gasteiger partial charge in [0.05, 0.1) is 23.6 Å². The highest BCUT2D eigenvalue weighted by molar-refractivity contribution is 6.04. The van der Waals surface area contributed by atoms with Crippen molar-refractivity contribution in [3.8, 4) is 22.8 Å². The third-order valence-corrected chi connectivity index (χ3v) is 9.91. The number of hydrogen-bond acceptors (Lipinski definition) is 13. The van der Waals surface area contributed by atoms with Gasteiger partial charge in [-0.2, -0.15) is 9.97 Å². The van der Waals surface area contributed by atoms with E-state index in [1.807, 2.05) is 94.6 Å². The number of carboxylic acid groups (broad SMARTS) is 1. The highest BCUT2D eigenvalue weighted by atomic mass is 20.1. The highest BCUT2D eigenvalue weighted by Gasteiger charge is 2.19. The number of rotatable bonds is 11. The topological polar surface area (TPSA) is 245 Å². The van der Waals surface area contributed by atoms with E-state index in [9.17, 15) is 19.8 Å². The van der Waals surface area contributed by atoms with Crippen molar-refractivity contribution in [1.29, 1.82) is 0 Å². The summed E-state index contributed by atoms with van der Waals surface area (Å²) in [5, 5.41) is 39.3. The molecule has 17 nitrogen and oxygen atoms in total. The number of nitrogens with zero attached hydrogens (tertiary/aromatic N) is 8. The van der Waals surface area contributed by atoms with Crippen LogP contribution < -0.4 is 11.1 Å². The molecule has 8 aromatic rings. The number of aliphatic hydroxyl groups is 2. The Hall–Kier alpha value is -12.5. The van der Waals surface area contributed by atoms with Crippen LogP contribution in [0.3, 0.4) is 0 Å². The number of aryl methyl sites for hydroxylation is 6. The van der Waals surface area contributed by atoms with E-state index >= 15 is 0 Å². The molecule has 92 heteroatoms. The summed E-state index contributed by atoms with van der Waals surface area (Å²) in [6.07, 6.45) is 8.60. The van der Waals surface area contributed by atoms with Gasteiger partial charge in [0.2, 0.25) is 23.4 Å². The molecule has 854 valence electrons. The molecule has 0 saturated heterocycles. The Labute approximate surface area is 708 Å². The zero-order valence-corrected chi connectivity index (χ0v) is 64.9. The molecule has 138 heavy (non-hydrogen) atoms. The Kier molecular flexibility index (Phi) is 418. The van der Waals surface area contributed by atoms with Crippen LogP contribution in [0.2, 0.25) is 0 Å². The summed E-state index contributed by atoms with van der Waals surface area (Å²) in [5.74, 6) is 0.733. The fraction of sp³-hybridized carbons (Fsp3) is 0.304. The van der Waals surface area contributed by atoms with Gasteiger partial charge in [0.1, 0.15) is 17.0 Å². The van der Waals surface area contributed by atoms with Crippen LogP contribution in [0.1, 0.15) is 95.5 Å². The number of fused-ring (bicyclic) bond motifs is 2. The first-order valence-corrected chi connectivity index (χ1v) is 25.5. The van der Waals surface area contributed by atoms with Crippen LogP contribution >= 0.6 is 0 Å². The molecular weight excluding hydrogens is 2230 g/mol. The number of amides is 1. The van der Waals surface area contributed by atoms with E-state index in [0.29, 0.717) is 71.8 Å². The van der Waals surface area contributed by atoms with E-state index in [-0.39, 0.29) is 16.3 Å². The van der Waals surface area contributed by atoms with Crippen molar-refractivity contribution in [2.75, 3.05) is 11.1 Å². The molecule has 1 amide bonds. The van der Waals surface area contributed by atoms with Gasteiger partial charge in [-0.1, -0.05) is 34.6 Å². The van der Waals surface area contributed by atoms with Crippen molar-refractivity contribution in [2.24, 2.45) is 0 Å². The summed E-state index contributed by atoms with van der Waals surface area (Å²) in [7, 11) is 0. The summed E-state index contributed by atoms with van der Waals surface area (Å²) >= 11 is 0.